The van der Waals surface area contributed by atoms with E-state index in [1.807, 2.05) is 30.0 Å². The van der Waals surface area contributed by atoms with E-state index in [0.717, 1.165) is 34.6 Å². The molecule has 3 aromatic rings. The van der Waals surface area contributed by atoms with Crippen molar-refractivity contribution < 1.29 is 13.9 Å². The molecule has 32 heavy (non-hydrogen) atoms. The lowest BCUT2D eigenvalue weighted by molar-refractivity contribution is 0.0514. The number of carbonyl (C=O) groups is 1. The minimum absolute atomic E-state index is 0.0116. The summed E-state index contributed by atoms with van der Waals surface area (Å²) in [6, 6.07) is 10.6. The van der Waals surface area contributed by atoms with Crippen molar-refractivity contribution in [3.63, 3.8) is 0 Å². The molecule has 1 aromatic carbocycles. The number of ether oxygens (including phenoxy) is 1. The zero-order chi connectivity index (χ0) is 22.5. The number of likely N-dealkylation sites (tertiary alicyclic amines) is 1. The second-order valence-electron chi connectivity index (χ2n) is 7.96. The highest BCUT2D eigenvalue weighted by Crippen LogP contribution is 2.29. The Labute approximate surface area is 200 Å². The number of carbonyl (C=O) groups excluding carboxylic acids is 1. The number of hydrogen-bond acceptors (Lipinski definition) is 5. The van der Waals surface area contributed by atoms with E-state index in [2.05, 4.69) is 37.5 Å². The van der Waals surface area contributed by atoms with Gasteiger partial charge in [-0.2, -0.15) is 0 Å². The molecule has 8 heteroatoms. The lowest BCUT2D eigenvalue weighted by Gasteiger charge is -2.39. The summed E-state index contributed by atoms with van der Waals surface area (Å²) in [6.45, 7) is 3.00. The third-order valence-electron chi connectivity index (χ3n) is 5.62. The molecule has 1 fully saturated rings. The molecule has 0 saturated carbocycles. The van der Waals surface area contributed by atoms with Crippen LogP contribution in [0.2, 0.25) is 0 Å². The highest BCUT2D eigenvalue weighted by molar-refractivity contribution is 14.1. The molecular formula is C24H24FIN4O2. The summed E-state index contributed by atoms with van der Waals surface area (Å²) in [5.41, 5.74) is 2.37. The molecule has 166 valence electrons. The molecule has 0 aliphatic carbocycles. The van der Waals surface area contributed by atoms with Gasteiger partial charge in [-0.1, -0.05) is 40.3 Å². The van der Waals surface area contributed by atoms with Crippen LogP contribution < -0.4 is 4.74 Å². The van der Waals surface area contributed by atoms with Gasteiger partial charge in [0.2, 0.25) is 5.88 Å². The van der Waals surface area contributed by atoms with E-state index < -0.39 is 5.82 Å². The lowest BCUT2D eigenvalue weighted by atomic mass is 9.92. The Kier molecular flexibility index (Phi) is 7.29. The fraction of sp³-hybridized carbons (Fsp3) is 0.333. The van der Waals surface area contributed by atoms with Crippen molar-refractivity contribution in [2.45, 2.75) is 25.8 Å². The summed E-state index contributed by atoms with van der Waals surface area (Å²) < 4.78 is 19.7. The molecule has 1 saturated heterocycles. The van der Waals surface area contributed by atoms with E-state index in [4.69, 9.17) is 4.74 Å². The Balaban J connectivity index is 1.54. The highest BCUT2D eigenvalue weighted by Gasteiger charge is 2.33. The third-order valence-corrected chi connectivity index (χ3v) is 6.64. The Morgan fingerprint density at radius 1 is 1.19 bits per heavy atom. The van der Waals surface area contributed by atoms with Crippen molar-refractivity contribution in [3.8, 4) is 17.3 Å². The second-order valence-corrected chi connectivity index (χ2v) is 8.84. The first-order chi connectivity index (χ1) is 15.5. The molecule has 1 amide bonds. The maximum Gasteiger partial charge on any atom is 0.254 e. The molecule has 2 aromatic heterocycles. The monoisotopic (exact) mass is 546 g/mol. The van der Waals surface area contributed by atoms with Crippen LogP contribution in [0.3, 0.4) is 0 Å². The molecule has 4 rings (SSSR count). The number of pyridine rings is 1. The van der Waals surface area contributed by atoms with Crippen LogP contribution in [0.1, 0.15) is 28.8 Å². The summed E-state index contributed by atoms with van der Waals surface area (Å²) in [6.07, 6.45) is 6.37. The van der Waals surface area contributed by atoms with E-state index in [0.29, 0.717) is 30.4 Å². The average Bonchev–Trinajstić information content (AvgIpc) is 2.83. The van der Waals surface area contributed by atoms with Crippen LogP contribution in [-0.2, 0) is 0 Å². The van der Waals surface area contributed by atoms with Gasteiger partial charge < -0.3 is 9.64 Å². The number of aryl methyl sites for hydroxylation is 1. The van der Waals surface area contributed by atoms with Gasteiger partial charge in [-0.05, 0) is 38.0 Å². The van der Waals surface area contributed by atoms with E-state index >= 15 is 0 Å². The summed E-state index contributed by atoms with van der Waals surface area (Å²) in [5.74, 6) is 0.699. The second kappa shape index (κ2) is 10.3. The number of alkyl halides is 1. The largest absolute Gasteiger partial charge is 0.477 e. The van der Waals surface area contributed by atoms with Gasteiger partial charge in [0, 0.05) is 47.0 Å². The van der Waals surface area contributed by atoms with E-state index in [-0.39, 0.29) is 17.9 Å². The number of rotatable bonds is 6. The van der Waals surface area contributed by atoms with E-state index in [1.54, 1.807) is 18.5 Å². The molecule has 3 heterocycles. The molecule has 0 N–H and O–H groups in total. The molecular weight excluding hydrogens is 522 g/mol. The first-order valence-corrected chi connectivity index (χ1v) is 12.1. The number of halogens is 2. The summed E-state index contributed by atoms with van der Waals surface area (Å²) in [4.78, 5) is 28.4. The van der Waals surface area contributed by atoms with Crippen LogP contribution in [0.5, 0.6) is 5.88 Å². The zero-order valence-electron chi connectivity index (χ0n) is 17.7. The number of amides is 1. The van der Waals surface area contributed by atoms with Crippen LogP contribution in [0.4, 0.5) is 4.39 Å². The van der Waals surface area contributed by atoms with Crippen molar-refractivity contribution >= 4 is 28.5 Å². The SMILES string of the molecule is Cc1ccc(-c2ncccn2)c(C(=O)N2C[C@@H](COc3ccc(F)cn3)CCC2CI)c1. The van der Waals surface area contributed by atoms with Gasteiger partial charge in [-0.3, -0.25) is 4.79 Å². The van der Waals surface area contributed by atoms with Crippen LogP contribution in [0.25, 0.3) is 11.4 Å². The molecule has 2 atom stereocenters. The van der Waals surface area contributed by atoms with Gasteiger partial charge in [-0.15, -0.1) is 0 Å². The first-order valence-electron chi connectivity index (χ1n) is 10.5. The van der Waals surface area contributed by atoms with Crippen molar-refractivity contribution in [1.82, 2.24) is 19.9 Å². The molecule has 1 aliphatic rings. The summed E-state index contributed by atoms with van der Waals surface area (Å²) in [5, 5.41) is 0. The minimum atomic E-state index is -0.395. The Hall–Kier alpha value is -2.62. The standard InChI is InChI=1S/C24H24FIN4O2/c1-16-3-7-20(23-27-9-2-10-28-23)21(11-16)24(31)30-14-17(4-6-19(30)12-26)15-32-22-8-5-18(25)13-29-22/h2-3,5,7-11,13,17,19H,4,6,12,14-15H2,1H3/t17-,19?/m0/s1. The van der Waals surface area contributed by atoms with Gasteiger partial charge >= 0.3 is 0 Å². The van der Waals surface area contributed by atoms with Crippen LogP contribution >= 0.6 is 22.6 Å². The van der Waals surface area contributed by atoms with Crippen molar-refractivity contribution in [2.75, 3.05) is 17.6 Å². The van der Waals surface area contributed by atoms with Crippen molar-refractivity contribution in [2.24, 2.45) is 5.92 Å². The van der Waals surface area contributed by atoms with Crippen molar-refractivity contribution in [3.05, 3.63) is 71.9 Å². The number of benzene rings is 1. The van der Waals surface area contributed by atoms with Gasteiger partial charge in [0.1, 0.15) is 5.82 Å². The normalized spacial score (nSPS) is 18.4. The molecule has 0 radical (unpaired) electrons. The van der Waals surface area contributed by atoms with Gasteiger partial charge in [0.25, 0.3) is 5.91 Å². The van der Waals surface area contributed by atoms with Gasteiger partial charge in [-0.25, -0.2) is 19.3 Å². The Bertz CT molecular complexity index is 1070. The topological polar surface area (TPSA) is 68.2 Å². The molecule has 0 bridgehead atoms. The average molecular weight is 546 g/mol. The van der Waals surface area contributed by atoms with Crippen molar-refractivity contribution in [1.29, 1.82) is 0 Å². The fourth-order valence-corrected chi connectivity index (χ4v) is 4.84. The van der Waals surface area contributed by atoms with E-state index in [1.165, 1.54) is 12.1 Å². The zero-order valence-corrected chi connectivity index (χ0v) is 19.9. The Morgan fingerprint density at radius 3 is 2.72 bits per heavy atom. The highest BCUT2D eigenvalue weighted by atomic mass is 127. The molecule has 1 unspecified atom stereocenters. The predicted octanol–water partition coefficient (Wildman–Crippen LogP) is 4.72. The molecule has 1 aliphatic heterocycles. The van der Waals surface area contributed by atoms with E-state index in [9.17, 15) is 9.18 Å². The quantitative estimate of drug-likeness (QED) is 0.331. The number of nitrogens with zero attached hydrogens (tertiary/aromatic N) is 4. The third kappa shape index (κ3) is 5.23. The van der Waals surface area contributed by atoms with Crippen LogP contribution in [0.15, 0.2) is 55.0 Å². The van der Waals surface area contributed by atoms with Gasteiger partial charge in [0.05, 0.1) is 18.4 Å². The predicted molar refractivity (Wildman–Crippen MR) is 128 cm³/mol. The van der Waals surface area contributed by atoms with Crippen LogP contribution in [-0.4, -0.2) is 49.4 Å². The molecule has 6 nitrogen and oxygen atoms in total. The summed E-state index contributed by atoms with van der Waals surface area (Å²) >= 11 is 2.35. The maximum absolute atomic E-state index is 13.7. The van der Waals surface area contributed by atoms with Gasteiger partial charge in [0.15, 0.2) is 5.82 Å². The fourth-order valence-electron chi connectivity index (χ4n) is 3.92. The summed E-state index contributed by atoms with van der Waals surface area (Å²) in [7, 11) is 0. The smallest absolute Gasteiger partial charge is 0.254 e. The number of piperidine rings is 1. The maximum atomic E-state index is 13.7. The number of aromatic nitrogens is 3. The first kappa shape index (κ1) is 22.6. The van der Waals surface area contributed by atoms with Crippen LogP contribution in [0, 0.1) is 18.7 Å². The lowest BCUT2D eigenvalue weighted by Crippen LogP contribution is -2.49. The minimum Gasteiger partial charge on any atom is -0.477 e. The Morgan fingerprint density at radius 2 is 2.00 bits per heavy atom. The molecule has 0 spiro atoms. The number of hydrogen-bond donors (Lipinski definition) is 0.